The zero-order chi connectivity index (χ0) is 15.2. The molecule has 112 valence electrons. The highest BCUT2D eigenvalue weighted by atomic mass is 16.5. The van der Waals surface area contributed by atoms with Gasteiger partial charge in [-0.1, -0.05) is 12.1 Å². The van der Waals surface area contributed by atoms with Crippen LogP contribution in [0.5, 0.6) is 11.6 Å². The van der Waals surface area contributed by atoms with Gasteiger partial charge in [0.1, 0.15) is 5.75 Å². The number of nitrogens with zero attached hydrogens (tertiary/aromatic N) is 1. The molecule has 1 heterocycles. The van der Waals surface area contributed by atoms with E-state index in [4.69, 9.17) is 15.2 Å². The number of hydrogen-bond acceptors (Lipinski definition) is 5. The fourth-order valence-corrected chi connectivity index (χ4v) is 1.89. The number of ether oxygens (including phenoxy) is 2. The van der Waals surface area contributed by atoms with Gasteiger partial charge in [-0.2, -0.15) is 0 Å². The first kappa shape index (κ1) is 15.0. The summed E-state index contributed by atoms with van der Waals surface area (Å²) in [6, 6.07) is 9.51. The van der Waals surface area contributed by atoms with Crippen LogP contribution in [0.15, 0.2) is 36.5 Å². The number of nitrogens with one attached hydrogen (secondary N) is 1. The zero-order valence-corrected chi connectivity index (χ0v) is 12.6. The molecule has 0 aliphatic rings. The Morgan fingerprint density at radius 1 is 1.24 bits per heavy atom. The fourth-order valence-electron chi connectivity index (χ4n) is 1.89. The number of aromatic nitrogens is 1. The van der Waals surface area contributed by atoms with Crippen molar-refractivity contribution in [1.29, 1.82) is 0 Å². The summed E-state index contributed by atoms with van der Waals surface area (Å²) >= 11 is 0. The van der Waals surface area contributed by atoms with Crippen molar-refractivity contribution in [1.82, 2.24) is 4.98 Å². The average molecular weight is 287 g/mol. The molecule has 0 aliphatic carbocycles. The highest BCUT2D eigenvalue weighted by Crippen LogP contribution is 2.30. The molecule has 0 fully saturated rings. The lowest BCUT2D eigenvalue weighted by molar-refractivity contribution is 0.244. The van der Waals surface area contributed by atoms with Crippen LogP contribution in [0.1, 0.15) is 19.4 Å². The zero-order valence-electron chi connectivity index (χ0n) is 12.6. The predicted molar refractivity (Wildman–Crippen MR) is 84.7 cm³/mol. The smallest absolute Gasteiger partial charge is 0.212 e. The van der Waals surface area contributed by atoms with Crippen LogP contribution in [0, 0.1) is 0 Å². The normalized spacial score (nSPS) is 10.5. The number of rotatable bonds is 6. The van der Waals surface area contributed by atoms with Crippen LogP contribution < -0.4 is 20.5 Å². The third-order valence-electron chi connectivity index (χ3n) is 2.92. The summed E-state index contributed by atoms with van der Waals surface area (Å²) in [5, 5.41) is 3.29. The van der Waals surface area contributed by atoms with Crippen molar-refractivity contribution < 1.29 is 9.47 Å². The molecular formula is C16H21N3O2. The van der Waals surface area contributed by atoms with E-state index in [1.807, 2.05) is 44.2 Å². The van der Waals surface area contributed by atoms with Gasteiger partial charge in [0.05, 0.1) is 24.6 Å². The molecular weight excluding hydrogens is 266 g/mol. The second-order valence-electron chi connectivity index (χ2n) is 4.95. The molecule has 21 heavy (non-hydrogen) atoms. The lowest BCUT2D eigenvalue weighted by atomic mass is 10.2. The number of nitrogens with two attached hydrogens (primary N) is 1. The quantitative estimate of drug-likeness (QED) is 0.799. The van der Waals surface area contributed by atoms with E-state index < -0.39 is 0 Å². The van der Waals surface area contributed by atoms with Gasteiger partial charge < -0.3 is 20.5 Å². The van der Waals surface area contributed by atoms with Gasteiger partial charge in [-0.3, -0.25) is 0 Å². The lowest BCUT2D eigenvalue weighted by Gasteiger charge is -2.15. The SMILES string of the molecule is COc1ccc(CNc2cccc(OC(C)C)c2N)cn1. The Hall–Kier alpha value is -2.43. The molecule has 0 aliphatic heterocycles. The second kappa shape index (κ2) is 6.83. The number of para-hydroxylation sites is 1. The third-order valence-corrected chi connectivity index (χ3v) is 2.92. The minimum absolute atomic E-state index is 0.0911. The molecule has 0 atom stereocenters. The highest BCUT2D eigenvalue weighted by Gasteiger charge is 2.07. The average Bonchev–Trinajstić information content (AvgIpc) is 2.48. The first-order chi connectivity index (χ1) is 10.1. The molecule has 1 aromatic carbocycles. The fraction of sp³-hybridized carbons (Fsp3) is 0.312. The first-order valence-electron chi connectivity index (χ1n) is 6.88. The standard InChI is InChI=1S/C16H21N3O2/c1-11(2)21-14-6-4-5-13(16(14)17)18-9-12-7-8-15(20-3)19-10-12/h4-8,10-11,18H,9,17H2,1-3H3. The van der Waals surface area contributed by atoms with Crippen molar-refractivity contribution >= 4 is 11.4 Å². The first-order valence-corrected chi connectivity index (χ1v) is 6.88. The molecule has 5 heteroatoms. The molecule has 0 amide bonds. The minimum atomic E-state index is 0.0911. The summed E-state index contributed by atoms with van der Waals surface area (Å²) < 4.78 is 10.7. The number of nitrogen functional groups attached to an aromatic ring is 1. The summed E-state index contributed by atoms with van der Waals surface area (Å²) in [4.78, 5) is 4.17. The molecule has 3 N–H and O–H groups in total. The van der Waals surface area contributed by atoms with Crippen LogP contribution >= 0.6 is 0 Å². The van der Waals surface area contributed by atoms with E-state index in [0.29, 0.717) is 23.9 Å². The van der Waals surface area contributed by atoms with Gasteiger partial charge in [0.25, 0.3) is 0 Å². The van der Waals surface area contributed by atoms with Gasteiger partial charge in [0, 0.05) is 18.8 Å². The number of methoxy groups -OCH3 is 1. The Morgan fingerprint density at radius 3 is 2.67 bits per heavy atom. The maximum absolute atomic E-state index is 6.12. The van der Waals surface area contributed by atoms with Crippen molar-refractivity contribution in [2.24, 2.45) is 0 Å². The van der Waals surface area contributed by atoms with Crippen molar-refractivity contribution in [3.05, 3.63) is 42.1 Å². The van der Waals surface area contributed by atoms with E-state index in [0.717, 1.165) is 11.3 Å². The van der Waals surface area contributed by atoms with Crippen molar-refractivity contribution in [3.8, 4) is 11.6 Å². The van der Waals surface area contributed by atoms with Crippen LogP contribution in [0.3, 0.4) is 0 Å². The molecule has 0 unspecified atom stereocenters. The number of benzene rings is 1. The van der Waals surface area contributed by atoms with Gasteiger partial charge in [-0.15, -0.1) is 0 Å². The van der Waals surface area contributed by atoms with E-state index in [1.165, 1.54) is 0 Å². The van der Waals surface area contributed by atoms with E-state index >= 15 is 0 Å². The minimum Gasteiger partial charge on any atom is -0.489 e. The van der Waals surface area contributed by atoms with E-state index in [2.05, 4.69) is 10.3 Å². The number of hydrogen-bond donors (Lipinski definition) is 2. The largest absolute Gasteiger partial charge is 0.489 e. The topological polar surface area (TPSA) is 69.4 Å². The van der Waals surface area contributed by atoms with Gasteiger partial charge in [-0.05, 0) is 31.5 Å². The van der Waals surface area contributed by atoms with Gasteiger partial charge in [-0.25, -0.2) is 4.98 Å². The molecule has 2 aromatic rings. The summed E-state index contributed by atoms with van der Waals surface area (Å²) in [7, 11) is 1.60. The molecule has 0 saturated carbocycles. The van der Waals surface area contributed by atoms with Gasteiger partial charge >= 0.3 is 0 Å². The van der Waals surface area contributed by atoms with Crippen LogP contribution in [0.4, 0.5) is 11.4 Å². The summed E-state index contributed by atoms with van der Waals surface area (Å²) in [6.45, 7) is 4.58. The lowest BCUT2D eigenvalue weighted by Crippen LogP contribution is -2.09. The van der Waals surface area contributed by atoms with E-state index in [1.54, 1.807) is 13.3 Å². The van der Waals surface area contributed by atoms with Crippen LogP contribution in [-0.4, -0.2) is 18.2 Å². The Labute approximate surface area is 125 Å². The summed E-state index contributed by atoms with van der Waals surface area (Å²) in [6.07, 6.45) is 1.87. The third kappa shape index (κ3) is 4.02. The van der Waals surface area contributed by atoms with Crippen LogP contribution in [0.25, 0.3) is 0 Å². The monoisotopic (exact) mass is 287 g/mol. The van der Waals surface area contributed by atoms with E-state index in [9.17, 15) is 0 Å². The molecule has 0 bridgehead atoms. The molecule has 2 rings (SSSR count). The van der Waals surface area contributed by atoms with Crippen LogP contribution in [0.2, 0.25) is 0 Å². The highest BCUT2D eigenvalue weighted by molar-refractivity contribution is 5.72. The number of anilines is 2. The molecule has 0 radical (unpaired) electrons. The molecule has 5 nitrogen and oxygen atoms in total. The maximum atomic E-state index is 6.12. The Bertz CT molecular complexity index is 583. The molecule has 0 spiro atoms. The molecule has 0 saturated heterocycles. The summed E-state index contributed by atoms with van der Waals surface area (Å²) in [5.41, 5.74) is 8.63. The van der Waals surface area contributed by atoms with Crippen molar-refractivity contribution in [2.45, 2.75) is 26.5 Å². The van der Waals surface area contributed by atoms with Gasteiger partial charge in [0.15, 0.2) is 0 Å². The predicted octanol–water partition coefficient (Wildman–Crippen LogP) is 3.07. The van der Waals surface area contributed by atoms with Crippen molar-refractivity contribution in [2.75, 3.05) is 18.2 Å². The number of pyridine rings is 1. The Balaban J connectivity index is 2.05. The second-order valence-corrected chi connectivity index (χ2v) is 4.95. The van der Waals surface area contributed by atoms with E-state index in [-0.39, 0.29) is 6.10 Å². The Kier molecular flexibility index (Phi) is 4.87. The van der Waals surface area contributed by atoms with Crippen LogP contribution in [-0.2, 0) is 6.54 Å². The van der Waals surface area contributed by atoms with Crippen molar-refractivity contribution in [3.63, 3.8) is 0 Å². The van der Waals surface area contributed by atoms with Gasteiger partial charge in [0.2, 0.25) is 5.88 Å². The summed E-state index contributed by atoms with van der Waals surface area (Å²) in [5.74, 6) is 1.30. The Morgan fingerprint density at radius 2 is 2.05 bits per heavy atom. The maximum Gasteiger partial charge on any atom is 0.212 e. The molecule has 1 aromatic heterocycles.